The smallest absolute Gasteiger partial charge is 0.0715 e. The number of anilines is 2. The molecule has 1 heterocycles. The maximum atomic E-state index is 5.02. The first kappa shape index (κ1) is 25.1. The molecule has 0 aliphatic rings. The second-order valence-corrected chi connectivity index (χ2v) is 9.78. The lowest BCUT2D eigenvalue weighted by Gasteiger charge is -2.13. The molecule has 0 unspecified atom stereocenters. The van der Waals surface area contributed by atoms with Crippen molar-refractivity contribution in [3.05, 3.63) is 140 Å². The first-order valence-corrected chi connectivity index (χ1v) is 13.6. The molecule has 0 bridgehead atoms. The van der Waals surface area contributed by atoms with E-state index >= 15 is 0 Å². The van der Waals surface area contributed by atoms with Gasteiger partial charge in [-0.15, -0.1) is 0 Å². The quantitative estimate of drug-likeness (QED) is 0.221. The Kier molecular flexibility index (Phi) is 7.11. The molecule has 1 aromatic heterocycles. The number of hydrogen-bond acceptors (Lipinski definition) is 3. The van der Waals surface area contributed by atoms with E-state index in [4.69, 9.17) is 4.98 Å². The van der Waals surface area contributed by atoms with Crippen LogP contribution in [0.3, 0.4) is 0 Å². The van der Waals surface area contributed by atoms with Gasteiger partial charge in [-0.1, -0.05) is 103 Å². The summed E-state index contributed by atoms with van der Waals surface area (Å²) in [5, 5.41) is 6.58. The molecule has 5 aromatic carbocycles. The number of nitrogens with zero attached hydrogens (tertiary/aromatic N) is 1. The lowest BCUT2D eigenvalue weighted by Crippen LogP contribution is -1.95. The molecule has 3 nitrogen and oxygen atoms in total. The average molecular weight is 518 g/mol. The lowest BCUT2D eigenvalue weighted by atomic mass is 9.95. The summed E-state index contributed by atoms with van der Waals surface area (Å²) in [6.45, 7) is 0. The highest BCUT2D eigenvalue weighted by molar-refractivity contribution is 5.84. The molecule has 194 valence electrons. The van der Waals surface area contributed by atoms with Gasteiger partial charge in [0.1, 0.15) is 0 Å². The number of hydrogen-bond donors (Lipinski definition) is 2. The topological polar surface area (TPSA) is 37.0 Å². The van der Waals surface area contributed by atoms with Crippen molar-refractivity contribution in [3.63, 3.8) is 0 Å². The molecule has 0 saturated heterocycles. The van der Waals surface area contributed by atoms with Crippen LogP contribution in [0.5, 0.6) is 0 Å². The van der Waals surface area contributed by atoms with Crippen LogP contribution in [0.15, 0.2) is 140 Å². The predicted molar refractivity (Wildman–Crippen MR) is 171 cm³/mol. The van der Waals surface area contributed by atoms with Gasteiger partial charge in [-0.2, -0.15) is 0 Å². The summed E-state index contributed by atoms with van der Waals surface area (Å²) < 4.78 is 0. The molecular weight excluding hydrogens is 486 g/mol. The van der Waals surface area contributed by atoms with E-state index in [2.05, 4.69) is 138 Å². The second kappa shape index (κ2) is 11.3. The van der Waals surface area contributed by atoms with E-state index in [1.807, 2.05) is 26.2 Å². The summed E-state index contributed by atoms with van der Waals surface area (Å²) >= 11 is 0. The largest absolute Gasteiger partial charge is 0.388 e. The van der Waals surface area contributed by atoms with Crippen molar-refractivity contribution in [3.8, 4) is 55.9 Å². The molecule has 0 saturated carbocycles. The van der Waals surface area contributed by atoms with Gasteiger partial charge in [0, 0.05) is 42.2 Å². The Morgan fingerprint density at radius 3 is 1.52 bits per heavy atom. The summed E-state index contributed by atoms with van der Waals surface area (Å²) in [6, 6.07) is 49.1. The van der Waals surface area contributed by atoms with Gasteiger partial charge < -0.3 is 10.6 Å². The number of nitrogens with one attached hydrogen (secondary N) is 2. The molecule has 0 radical (unpaired) electrons. The summed E-state index contributed by atoms with van der Waals surface area (Å²) in [5.41, 5.74) is 13.4. The van der Waals surface area contributed by atoms with Crippen LogP contribution in [0.1, 0.15) is 0 Å². The maximum Gasteiger partial charge on any atom is 0.0715 e. The Morgan fingerprint density at radius 2 is 0.950 bits per heavy atom. The third-order valence-corrected chi connectivity index (χ3v) is 7.27. The minimum atomic E-state index is 0.970. The van der Waals surface area contributed by atoms with Crippen LogP contribution in [0.2, 0.25) is 0 Å². The molecule has 3 heteroatoms. The molecule has 0 amide bonds. The summed E-state index contributed by atoms with van der Waals surface area (Å²) in [4.78, 5) is 5.02. The van der Waals surface area contributed by atoms with E-state index in [0.29, 0.717) is 0 Å². The fourth-order valence-corrected chi connectivity index (χ4v) is 5.09. The average Bonchev–Trinajstić information content (AvgIpc) is 3.05. The number of rotatable bonds is 7. The van der Waals surface area contributed by atoms with Crippen molar-refractivity contribution >= 4 is 11.4 Å². The Hall–Kier alpha value is -5.15. The highest BCUT2D eigenvalue weighted by Crippen LogP contribution is 2.35. The van der Waals surface area contributed by atoms with Crippen molar-refractivity contribution < 1.29 is 0 Å². The van der Waals surface area contributed by atoms with Crippen molar-refractivity contribution in [2.24, 2.45) is 0 Å². The molecular formula is C37H31N3. The van der Waals surface area contributed by atoms with Crippen LogP contribution in [0.4, 0.5) is 11.4 Å². The molecule has 2 N–H and O–H groups in total. The van der Waals surface area contributed by atoms with E-state index < -0.39 is 0 Å². The Balaban J connectivity index is 1.37. The third-order valence-electron chi connectivity index (χ3n) is 7.27. The van der Waals surface area contributed by atoms with Gasteiger partial charge in [0.2, 0.25) is 0 Å². The highest BCUT2D eigenvalue weighted by atomic mass is 14.8. The molecule has 0 aliphatic heterocycles. The van der Waals surface area contributed by atoms with Crippen LogP contribution >= 0.6 is 0 Å². The minimum absolute atomic E-state index is 0.970. The molecule has 6 rings (SSSR count). The molecule has 0 atom stereocenters. The third kappa shape index (κ3) is 5.23. The maximum absolute atomic E-state index is 5.02. The Labute approximate surface area is 236 Å². The number of aromatic nitrogens is 1. The molecule has 0 fully saturated rings. The van der Waals surface area contributed by atoms with E-state index in [9.17, 15) is 0 Å². The predicted octanol–water partition coefficient (Wildman–Crippen LogP) is 9.50. The fraction of sp³-hybridized carbons (Fsp3) is 0.0541. The summed E-state index contributed by atoms with van der Waals surface area (Å²) in [6.07, 6.45) is 0. The SMILES string of the molecule is CNc1ccc(NC)c(-c2cccc(-c3ccc(-c4cc(-c5ccccc5)nc(-c5ccccc5)c4)cc3)c2)c1. The number of benzene rings is 5. The van der Waals surface area contributed by atoms with Crippen LogP contribution in [-0.4, -0.2) is 19.1 Å². The van der Waals surface area contributed by atoms with Gasteiger partial charge in [-0.3, -0.25) is 0 Å². The van der Waals surface area contributed by atoms with Crippen molar-refractivity contribution in [2.75, 3.05) is 24.7 Å². The Bertz CT molecular complexity index is 1680. The van der Waals surface area contributed by atoms with E-state index in [1.165, 1.54) is 22.3 Å². The second-order valence-electron chi connectivity index (χ2n) is 9.78. The zero-order chi connectivity index (χ0) is 27.3. The van der Waals surface area contributed by atoms with Gasteiger partial charge >= 0.3 is 0 Å². The minimum Gasteiger partial charge on any atom is -0.388 e. The van der Waals surface area contributed by atoms with Gasteiger partial charge in [-0.05, 0) is 64.2 Å². The lowest BCUT2D eigenvalue weighted by molar-refractivity contribution is 1.32. The van der Waals surface area contributed by atoms with Crippen molar-refractivity contribution in [1.29, 1.82) is 0 Å². The van der Waals surface area contributed by atoms with Gasteiger partial charge in [-0.25, -0.2) is 4.98 Å². The monoisotopic (exact) mass is 517 g/mol. The van der Waals surface area contributed by atoms with Crippen molar-refractivity contribution in [1.82, 2.24) is 4.98 Å². The van der Waals surface area contributed by atoms with E-state index in [-0.39, 0.29) is 0 Å². The van der Waals surface area contributed by atoms with Crippen LogP contribution in [-0.2, 0) is 0 Å². The van der Waals surface area contributed by atoms with Gasteiger partial charge in [0.25, 0.3) is 0 Å². The summed E-state index contributed by atoms with van der Waals surface area (Å²) in [5.74, 6) is 0. The summed E-state index contributed by atoms with van der Waals surface area (Å²) in [7, 11) is 3.91. The molecule has 40 heavy (non-hydrogen) atoms. The van der Waals surface area contributed by atoms with Crippen molar-refractivity contribution in [2.45, 2.75) is 0 Å². The van der Waals surface area contributed by atoms with Gasteiger partial charge in [0.05, 0.1) is 11.4 Å². The van der Waals surface area contributed by atoms with Crippen LogP contribution in [0.25, 0.3) is 55.9 Å². The normalized spacial score (nSPS) is 10.8. The fourth-order valence-electron chi connectivity index (χ4n) is 5.09. The number of pyridine rings is 1. The zero-order valence-electron chi connectivity index (χ0n) is 22.7. The molecule has 6 aromatic rings. The highest BCUT2D eigenvalue weighted by Gasteiger charge is 2.11. The van der Waals surface area contributed by atoms with Gasteiger partial charge in [0.15, 0.2) is 0 Å². The first-order valence-electron chi connectivity index (χ1n) is 13.6. The zero-order valence-corrected chi connectivity index (χ0v) is 22.7. The standard InChI is InChI=1S/C37H31N3/c1-38-33-20-21-35(39-2)34(25-33)31-15-9-14-30(22-31)26-16-18-27(19-17-26)32-23-36(28-10-5-3-6-11-28)40-37(24-32)29-12-7-4-8-13-29/h3-25,38-39H,1-2H3. The van der Waals surface area contributed by atoms with E-state index in [0.717, 1.165) is 45.0 Å². The first-order chi connectivity index (χ1) is 19.7. The molecule has 0 aliphatic carbocycles. The van der Waals surface area contributed by atoms with Crippen LogP contribution < -0.4 is 10.6 Å². The van der Waals surface area contributed by atoms with E-state index in [1.54, 1.807) is 0 Å². The van der Waals surface area contributed by atoms with Crippen LogP contribution in [0, 0.1) is 0 Å². The Morgan fingerprint density at radius 1 is 0.400 bits per heavy atom. The molecule has 0 spiro atoms.